The van der Waals surface area contributed by atoms with Gasteiger partial charge in [-0.25, -0.2) is 0 Å². The number of hydrogen-bond donors (Lipinski definition) is 3. The number of esters is 1. The summed E-state index contributed by atoms with van der Waals surface area (Å²) < 4.78 is 4.87. The maximum atomic E-state index is 12.1. The topological polar surface area (TPSA) is 98.6 Å². The highest BCUT2D eigenvalue weighted by Gasteiger charge is 2.30. The lowest BCUT2D eigenvalue weighted by atomic mass is 9.82. The molecule has 0 aromatic heterocycles. The van der Waals surface area contributed by atoms with Crippen molar-refractivity contribution in [2.24, 2.45) is 11.5 Å². The molecule has 2 aromatic rings. The second-order valence-corrected chi connectivity index (χ2v) is 12.3. The van der Waals surface area contributed by atoms with Crippen LogP contribution in [0.1, 0.15) is 132 Å². The SMILES string of the molecule is CCCCCCCCc1ccc(CCC(N)C(O)C(CC(N)C(=O)OC)c2ccc(CCCCCCCC)cc2)cc1.Cl.Cl. The highest BCUT2D eigenvalue weighted by molar-refractivity contribution is 5.85. The minimum atomic E-state index is -0.822. The molecule has 0 saturated heterocycles. The average Bonchev–Trinajstić information content (AvgIpc) is 3.02. The van der Waals surface area contributed by atoms with E-state index >= 15 is 0 Å². The number of unbranched alkanes of at least 4 members (excludes halogenated alkanes) is 10. The number of carbonyl (C=O) groups is 1. The Bertz CT molecular complexity index is 972. The number of hydrogen-bond acceptors (Lipinski definition) is 5. The molecule has 0 saturated carbocycles. The number of aryl methyl sites for hydroxylation is 3. The molecule has 0 spiro atoms. The Morgan fingerprint density at radius 3 is 1.55 bits per heavy atom. The number of aliphatic hydroxyl groups is 1. The van der Waals surface area contributed by atoms with Gasteiger partial charge in [0, 0.05) is 12.0 Å². The Hall–Kier alpha value is -1.63. The Labute approximate surface area is 281 Å². The number of rotatable bonds is 23. The van der Waals surface area contributed by atoms with Gasteiger partial charge in [0.2, 0.25) is 0 Å². The molecule has 5 nitrogen and oxygen atoms in total. The van der Waals surface area contributed by atoms with Crippen molar-refractivity contribution in [2.45, 2.75) is 147 Å². The molecule has 0 heterocycles. The maximum absolute atomic E-state index is 12.1. The zero-order valence-electron chi connectivity index (χ0n) is 27.7. The van der Waals surface area contributed by atoms with E-state index in [1.54, 1.807) is 0 Å². The van der Waals surface area contributed by atoms with Crippen LogP contribution in [0.4, 0.5) is 0 Å². The molecule has 4 atom stereocenters. The van der Waals surface area contributed by atoms with Crippen LogP contribution in [-0.2, 0) is 28.8 Å². The molecule has 0 bridgehead atoms. The molecule has 0 amide bonds. The molecule has 0 radical (unpaired) electrons. The third kappa shape index (κ3) is 16.6. The fourth-order valence-corrected chi connectivity index (χ4v) is 5.82. The fraction of sp³-hybridized carbons (Fsp3) is 0.649. The summed E-state index contributed by atoms with van der Waals surface area (Å²) in [4.78, 5) is 12.1. The third-order valence-electron chi connectivity index (χ3n) is 8.70. The molecule has 0 fully saturated rings. The van der Waals surface area contributed by atoms with Crippen LogP contribution in [0.2, 0.25) is 0 Å². The normalized spacial score (nSPS) is 13.7. The first-order valence-corrected chi connectivity index (χ1v) is 16.8. The molecule has 5 N–H and O–H groups in total. The van der Waals surface area contributed by atoms with Gasteiger partial charge in [0.25, 0.3) is 0 Å². The van der Waals surface area contributed by atoms with Crippen LogP contribution in [-0.4, -0.2) is 36.4 Å². The molecule has 2 aromatic carbocycles. The Morgan fingerprint density at radius 1 is 0.682 bits per heavy atom. The van der Waals surface area contributed by atoms with Crippen LogP contribution in [0.15, 0.2) is 48.5 Å². The first kappa shape index (κ1) is 42.4. The van der Waals surface area contributed by atoms with E-state index in [0.717, 1.165) is 24.8 Å². The standard InChI is InChI=1S/C37H60N2O3.2ClH/c1-4-6-8-10-12-14-16-29-18-20-31(21-19-29)24-27-34(38)36(40)33(28-35(39)37(41)42-3)32-25-22-30(23-26-32)17-15-13-11-9-7-5-2;;/h18-23,25-26,33-36,40H,4-17,24,27-28,38-39H2,1-3H3;2*1H. The van der Waals surface area contributed by atoms with Crippen molar-refractivity contribution in [3.8, 4) is 0 Å². The van der Waals surface area contributed by atoms with Crippen molar-refractivity contribution in [2.75, 3.05) is 7.11 Å². The molecule has 44 heavy (non-hydrogen) atoms. The quantitative estimate of drug-likeness (QED) is 0.0824. The van der Waals surface area contributed by atoms with E-state index in [9.17, 15) is 9.90 Å². The summed E-state index contributed by atoms with van der Waals surface area (Å²) in [6, 6.07) is 16.0. The number of aliphatic hydroxyl groups excluding tert-OH is 1. The van der Waals surface area contributed by atoms with Gasteiger partial charge in [0.15, 0.2) is 0 Å². The number of ether oxygens (including phenoxy) is 1. The van der Waals surface area contributed by atoms with Gasteiger partial charge in [-0.15, -0.1) is 24.8 Å². The van der Waals surface area contributed by atoms with E-state index in [0.29, 0.717) is 6.42 Å². The number of carbonyl (C=O) groups excluding carboxylic acids is 1. The van der Waals surface area contributed by atoms with Gasteiger partial charge < -0.3 is 21.3 Å². The van der Waals surface area contributed by atoms with Crippen molar-refractivity contribution in [1.82, 2.24) is 0 Å². The van der Waals surface area contributed by atoms with Crippen molar-refractivity contribution in [1.29, 1.82) is 0 Å². The van der Waals surface area contributed by atoms with E-state index in [2.05, 4.69) is 62.4 Å². The molecule has 4 unspecified atom stereocenters. The van der Waals surface area contributed by atoms with Crippen LogP contribution >= 0.6 is 24.8 Å². The maximum Gasteiger partial charge on any atom is 0.322 e. The van der Waals surface area contributed by atoms with Crippen LogP contribution in [0.3, 0.4) is 0 Å². The van der Waals surface area contributed by atoms with Crippen LogP contribution < -0.4 is 11.5 Å². The largest absolute Gasteiger partial charge is 0.468 e. The lowest BCUT2D eigenvalue weighted by Crippen LogP contribution is -2.43. The molecule has 0 aliphatic carbocycles. The van der Waals surface area contributed by atoms with Gasteiger partial charge in [-0.05, 0) is 67.2 Å². The highest BCUT2D eigenvalue weighted by Crippen LogP contribution is 2.29. The highest BCUT2D eigenvalue weighted by atomic mass is 35.5. The number of methoxy groups -OCH3 is 1. The minimum absolute atomic E-state index is 0. The number of halogens is 2. The summed E-state index contributed by atoms with van der Waals surface area (Å²) >= 11 is 0. The van der Waals surface area contributed by atoms with E-state index in [1.807, 2.05) is 0 Å². The molecule has 252 valence electrons. The summed E-state index contributed by atoms with van der Waals surface area (Å²) in [5, 5.41) is 11.4. The van der Waals surface area contributed by atoms with Crippen molar-refractivity contribution >= 4 is 30.8 Å². The lowest BCUT2D eigenvalue weighted by Gasteiger charge is -2.29. The van der Waals surface area contributed by atoms with Gasteiger partial charge in [0.1, 0.15) is 6.04 Å². The van der Waals surface area contributed by atoms with Crippen LogP contribution in [0.25, 0.3) is 0 Å². The average molecular weight is 654 g/mol. The van der Waals surface area contributed by atoms with Gasteiger partial charge in [-0.1, -0.05) is 127 Å². The van der Waals surface area contributed by atoms with E-state index < -0.39 is 24.2 Å². The Balaban J connectivity index is 0.00000924. The third-order valence-corrected chi connectivity index (χ3v) is 8.70. The first-order chi connectivity index (χ1) is 20.4. The summed E-state index contributed by atoms with van der Waals surface area (Å²) in [6.45, 7) is 4.50. The number of benzene rings is 2. The lowest BCUT2D eigenvalue weighted by molar-refractivity contribution is -0.142. The Morgan fingerprint density at radius 2 is 1.09 bits per heavy atom. The predicted molar refractivity (Wildman–Crippen MR) is 191 cm³/mol. The summed E-state index contributed by atoms with van der Waals surface area (Å²) in [5.74, 6) is -0.821. The molecular weight excluding hydrogens is 591 g/mol. The van der Waals surface area contributed by atoms with Gasteiger partial charge in [-0.2, -0.15) is 0 Å². The van der Waals surface area contributed by atoms with Gasteiger partial charge >= 0.3 is 5.97 Å². The smallest absolute Gasteiger partial charge is 0.322 e. The van der Waals surface area contributed by atoms with Crippen LogP contribution in [0.5, 0.6) is 0 Å². The monoisotopic (exact) mass is 652 g/mol. The molecule has 2 rings (SSSR count). The molecule has 0 aliphatic rings. The number of nitrogens with two attached hydrogens (primary N) is 2. The summed E-state index contributed by atoms with van der Waals surface area (Å²) in [5.41, 5.74) is 17.6. The second-order valence-electron chi connectivity index (χ2n) is 12.3. The predicted octanol–water partition coefficient (Wildman–Crippen LogP) is 8.63. The van der Waals surface area contributed by atoms with Crippen molar-refractivity contribution in [3.05, 3.63) is 70.8 Å². The first-order valence-electron chi connectivity index (χ1n) is 16.8. The van der Waals surface area contributed by atoms with Gasteiger partial charge in [-0.3, -0.25) is 4.79 Å². The van der Waals surface area contributed by atoms with E-state index in [-0.39, 0.29) is 37.2 Å². The van der Waals surface area contributed by atoms with E-state index in [4.69, 9.17) is 16.2 Å². The van der Waals surface area contributed by atoms with Crippen LogP contribution in [0, 0.1) is 0 Å². The Kier molecular flexibility index (Phi) is 24.6. The second kappa shape index (κ2) is 25.5. The summed E-state index contributed by atoms with van der Waals surface area (Å²) in [7, 11) is 1.34. The zero-order chi connectivity index (χ0) is 30.6. The minimum Gasteiger partial charge on any atom is -0.468 e. The van der Waals surface area contributed by atoms with Gasteiger partial charge in [0.05, 0.1) is 13.2 Å². The summed E-state index contributed by atoms with van der Waals surface area (Å²) in [6.07, 6.45) is 18.6. The van der Waals surface area contributed by atoms with Crippen molar-refractivity contribution in [3.63, 3.8) is 0 Å². The fourth-order valence-electron chi connectivity index (χ4n) is 5.82. The zero-order valence-corrected chi connectivity index (χ0v) is 29.3. The molecular formula is C37H62Cl2N2O3. The molecule has 7 heteroatoms. The van der Waals surface area contributed by atoms with Crippen molar-refractivity contribution < 1.29 is 14.6 Å². The van der Waals surface area contributed by atoms with E-state index in [1.165, 1.54) is 101 Å². The molecule has 0 aliphatic heterocycles.